The van der Waals surface area contributed by atoms with Crippen molar-refractivity contribution < 1.29 is 0 Å². The fourth-order valence-electron chi connectivity index (χ4n) is 2.01. The van der Waals surface area contributed by atoms with Gasteiger partial charge in [0.15, 0.2) is 5.96 Å². The highest BCUT2D eigenvalue weighted by Gasteiger charge is 1.99. The zero-order valence-corrected chi connectivity index (χ0v) is 12.1. The van der Waals surface area contributed by atoms with Crippen LogP contribution in [0.1, 0.15) is 22.3 Å². The Morgan fingerprint density at radius 3 is 2.10 bits per heavy atom. The van der Waals surface area contributed by atoms with Crippen molar-refractivity contribution in [2.24, 2.45) is 10.7 Å². The van der Waals surface area contributed by atoms with Crippen LogP contribution < -0.4 is 11.1 Å². The summed E-state index contributed by atoms with van der Waals surface area (Å²) in [5.41, 5.74) is 10.8. The Balaban J connectivity index is 1.92. The number of hydrogen-bond donors (Lipinski definition) is 2. The second-order valence-electron chi connectivity index (χ2n) is 4.91. The Kier molecular flexibility index (Phi) is 4.77. The number of benzene rings is 2. The van der Waals surface area contributed by atoms with Crippen LogP contribution in [0.4, 0.5) is 0 Å². The first-order chi connectivity index (χ1) is 9.66. The summed E-state index contributed by atoms with van der Waals surface area (Å²) in [6.07, 6.45) is 0. The summed E-state index contributed by atoms with van der Waals surface area (Å²) >= 11 is 0. The number of nitrogens with two attached hydrogens (primary N) is 1. The fraction of sp³-hybridized carbons (Fsp3) is 0.235. The number of nitrogens with zero attached hydrogens (tertiary/aromatic N) is 1. The molecule has 2 aromatic rings. The van der Waals surface area contributed by atoms with E-state index >= 15 is 0 Å². The maximum absolute atomic E-state index is 5.91. The van der Waals surface area contributed by atoms with E-state index in [9.17, 15) is 0 Å². The van der Waals surface area contributed by atoms with Gasteiger partial charge in [-0.25, -0.2) is 4.99 Å². The smallest absolute Gasteiger partial charge is 0.189 e. The molecule has 0 aliphatic carbocycles. The van der Waals surface area contributed by atoms with E-state index in [4.69, 9.17) is 5.73 Å². The van der Waals surface area contributed by atoms with Gasteiger partial charge >= 0.3 is 0 Å². The monoisotopic (exact) mass is 267 g/mol. The van der Waals surface area contributed by atoms with Crippen LogP contribution in [-0.2, 0) is 13.1 Å². The number of rotatable bonds is 4. The van der Waals surface area contributed by atoms with Crippen LogP contribution in [-0.4, -0.2) is 5.96 Å². The minimum Gasteiger partial charge on any atom is -0.370 e. The predicted molar refractivity (Wildman–Crippen MR) is 84.5 cm³/mol. The maximum Gasteiger partial charge on any atom is 0.189 e. The van der Waals surface area contributed by atoms with Gasteiger partial charge in [0.05, 0.1) is 6.54 Å². The van der Waals surface area contributed by atoms with Gasteiger partial charge in [-0.1, -0.05) is 48.5 Å². The third-order valence-corrected chi connectivity index (χ3v) is 3.40. The molecule has 0 saturated heterocycles. The summed E-state index contributed by atoms with van der Waals surface area (Å²) in [5.74, 6) is 0.483. The molecule has 2 rings (SSSR count). The SMILES string of the molecule is Cc1ccccc1CN=C(N)NCc1ccccc1C. The number of aryl methyl sites for hydroxylation is 2. The Morgan fingerprint density at radius 2 is 1.50 bits per heavy atom. The predicted octanol–water partition coefficient (Wildman–Crippen LogP) is 2.91. The average molecular weight is 267 g/mol. The molecule has 3 N–H and O–H groups in total. The molecular formula is C17H21N3. The van der Waals surface area contributed by atoms with Crippen LogP contribution in [0.5, 0.6) is 0 Å². The van der Waals surface area contributed by atoms with Gasteiger partial charge in [-0.3, -0.25) is 0 Å². The van der Waals surface area contributed by atoms with Crippen molar-refractivity contribution in [1.29, 1.82) is 0 Å². The molecule has 0 aliphatic rings. The number of guanidine groups is 1. The topological polar surface area (TPSA) is 50.4 Å². The number of aliphatic imine (C=N–C) groups is 1. The van der Waals surface area contributed by atoms with Gasteiger partial charge in [-0.05, 0) is 36.1 Å². The highest BCUT2D eigenvalue weighted by molar-refractivity contribution is 5.77. The summed E-state index contributed by atoms with van der Waals surface area (Å²) in [5, 5.41) is 3.16. The van der Waals surface area contributed by atoms with Crippen molar-refractivity contribution in [3.05, 3.63) is 70.8 Å². The van der Waals surface area contributed by atoms with Crippen LogP contribution in [0, 0.1) is 13.8 Å². The van der Waals surface area contributed by atoms with E-state index in [-0.39, 0.29) is 0 Å². The third kappa shape index (κ3) is 3.85. The Labute approximate surface area is 120 Å². The largest absolute Gasteiger partial charge is 0.370 e. The Hall–Kier alpha value is -2.29. The molecule has 0 saturated carbocycles. The summed E-state index contributed by atoms with van der Waals surface area (Å²) in [7, 11) is 0. The molecule has 3 heteroatoms. The quantitative estimate of drug-likeness (QED) is 0.661. The van der Waals surface area contributed by atoms with Gasteiger partial charge in [0, 0.05) is 6.54 Å². The lowest BCUT2D eigenvalue weighted by Gasteiger charge is -2.08. The van der Waals surface area contributed by atoms with Crippen molar-refractivity contribution in [2.75, 3.05) is 0 Å². The van der Waals surface area contributed by atoms with E-state index in [1.54, 1.807) is 0 Å². The van der Waals surface area contributed by atoms with E-state index in [0.717, 1.165) is 0 Å². The van der Waals surface area contributed by atoms with E-state index in [2.05, 4.69) is 48.4 Å². The molecular weight excluding hydrogens is 246 g/mol. The standard InChI is InChI=1S/C17H21N3/c1-13-7-3-5-9-15(13)11-19-17(18)20-12-16-10-6-4-8-14(16)2/h3-10H,11-12H2,1-2H3,(H3,18,19,20). The summed E-state index contributed by atoms with van der Waals surface area (Å²) in [6, 6.07) is 16.5. The maximum atomic E-state index is 5.91. The number of nitrogens with one attached hydrogen (secondary N) is 1. The van der Waals surface area contributed by atoms with Crippen molar-refractivity contribution in [3.8, 4) is 0 Å². The van der Waals surface area contributed by atoms with Crippen molar-refractivity contribution in [1.82, 2.24) is 5.32 Å². The van der Waals surface area contributed by atoms with Crippen LogP contribution in [0.15, 0.2) is 53.5 Å². The minimum absolute atomic E-state index is 0.483. The first-order valence-electron chi connectivity index (χ1n) is 6.79. The lowest BCUT2D eigenvalue weighted by atomic mass is 10.1. The molecule has 3 nitrogen and oxygen atoms in total. The van der Waals surface area contributed by atoms with Crippen molar-refractivity contribution in [3.63, 3.8) is 0 Å². The Bertz CT molecular complexity index is 603. The lowest BCUT2D eigenvalue weighted by Crippen LogP contribution is -2.31. The first kappa shape index (κ1) is 14.1. The highest BCUT2D eigenvalue weighted by atomic mass is 15.1. The molecule has 104 valence electrons. The van der Waals surface area contributed by atoms with Crippen LogP contribution >= 0.6 is 0 Å². The van der Waals surface area contributed by atoms with E-state index < -0.39 is 0 Å². The van der Waals surface area contributed by atoms with Gasteiger partial charge in [0.25, 0.3) is 0 Å². The zero-order chi connectivity index (χ0) is 14.4. The first-order valence-corrected chi connectivity index (χ1v) is 6.79. The molecule has 2 aromatic carbocycles. The van der Waals surface area contributed by atoms with Crippen LogP contribution in [0.25, 0.3) is 0 Å². The molecule has 0 atom stereocenters. The van der Waals surface area contributed by atoms with E-state index in [1.165, 1.54) is 22.3 Å². The van der Waals surface area contributed by atoms with Gasteiger partial charge in [-0.15, -0.1) is 0 Å². The van der Waals surface area contributed by atoms with Gasteiger partial charge in [-0.2, -0.15) is 0 Å². The lowest BCUT2D eigenvalue weighted by molar-refractivity contribution is 0.877. The second-order valence-corrected chi connectivity index (χ2v) is 4.91. The fourth-order valence-corrected chi connectivity index (χ4v) is 2.01. The van der Waals surface area contributed by atoms with E-state index in [0.29, 0.717) is 19.0 Å². The van der Waals surface area contributed by atoms with Gasteiger partial charge < -0.3 is 11.1 Å². The van der Waals surface area contributed by atoms with E-state index in [1.807, 2.05) is 24.3 Å². The van der Waals surface area contributed by atoms with Gasteiger partial charge in [0.1, 0.15) is 0 Å². The van der Waals surface area contributed by atoms with Crippen molar-refractivity contribution >= 4 is 5.96 Å². The average Bonchev–Trinajstić information content (AvgIpc) is 2.45. The summed E-state index contributed by atoms with van der Waals surface area (Å²) in [6.45, 7) is 5.49. The molecule has 0 spiro atoms. The Morgan fingerprint density at radius 1 is 0.950 bits per heavy atom. The molecule has 0 amide bonds. The summed E-state index contributed by atoms with van der Waals surface area (Å²) in [4.78, 5) is 4.38. The van der Waals surface area contributed by atoms with Crippen LogP contribution in [0.2, 0.25) is 0 Å². The third-order valence-electron chi connectivity index (χ3n) is 3.40. The molecule has 20 heavy (non-hydrogen) atoms. The highest BCUT2D eigenvalue weighted by Crippen LogP contribution is 2.08. The van der Waals surface area contributed by atoms with Crippen LogP contribution in [0.3, 0.4) is 0 Å². The molecule has 0 aliphatic heterocycles. The molecule has 0 bridgehead atoms. The van der Waals surface area contributed by atoms with Crippen molar-refractivity contribution in [2.45, 2.75) is 26.9 Å². The molecule has 0 unspecified atom stereocenters. The molecule has 0 aromatic heterocycles. The zero-order valence-electron chi connectivity index (χ0n) is 12.1. The normalized spacial score (nSPS) is 11.4. The summed E-state index contributed by atoms with van der Waals surface area (Å²) < 4.78 is 0. The second kappa shape index (κ2) is 6.75. The minimum atomic E-state index is 0.483. The number of hydrogen-bond acceptors (Lipinski definition) is 1. The molecule has 0 radical (unpaired) electrons. The molecule has 0 heterocycles. The molecule has 0 fully saturated rings. The van der Waals surface area contributed by atoms with Gasteiger partial charge in [0.2, 0.25) is 0 Å².